The molecule has 0 spiro atoms. The minimum atomic E-state index is 0.707. The molecular formula is C12H19NO. The zero-order chi connectivity index (χ0) is 10.2. The molecule has 0 bridgehead atoms. The maximum atomic E-state index is 5.46. The Morgan fingerprint density at radius 2 is 1.86 bits per heavy atom. The van der Waals surface area contributed by atoms with E-state index in [1.54, 1.807) is 7.11 Å². The smallest absolute Gasteiger partial charge is 0.0715 e. The van der Waals surface area contributed by atoms with Crippen molar-refractivity contribution in [1.82, 2.24) is 0 Å². The van der Waals surface area contributed by atoms with Crippen molar-refractivity contribution < 1.29 is 4.74 Å². The lowest BCUT2D eigenvalue weighted by molar-refractivity contribution is 0.184. The molecule has 14 heavy (non-hydrogen) atoms. The molecule has 2 nitrogen and oxygen atoms in total. The Bertz CT molecular complexity index is 260. The molecule has 0 amide bonds. The topological polar surface area (TPSA) is 35.2 Å². The predicted molar refractivity (Wildman–Crippen MR) is 59.1 cm³/mol. The molecule has 0 aromatic heterocycles. The molecule has 0 aliphatic rings. The van der Waals surface area contributed by atoms with Gasteiger partial charge in [-0.1, -0.05) is 24.3 Å². The fourth-order valence-corrected chi connectivity index (χ4v) is 1.56. The van der Waals surface area contributed by atoms with Crippen LogP contribution < -0.4 is 5.73 Å². The van der Waals surface area contributed by atoms with Gasteiger partial charge in [-0.2, -0.15) is 0 Å². The van der Waals surface area contributed by atoms with Crippen molar-refractivity contribution in [2.75, 3.05) is 13.7 Å². The van der Waals surface area contributed by atoms with Crippen LogP contribution in [0.3, 0.4) is 0 Å². The van der Waals surface area contributed by atoms with Crippen LogP contribution in [0.4, 0.5) is 0 Å². The third-order valence-corrected chi connectivity index (χ3v) is 2.32. The Balaban J connectivity index is 2.55. The summed E-state index contributed by atoms with van der Waals surface area (Å²) in [7, 11) is 1.73. The summed E-state index contributed by atoms with van der Waals surface area (Å²) in [5, 5.41) is 0. The van der Waals surface area contributed by atoms with Gasteiger partial charge in [-0.15, -0.1) is 0 Å². The monoisotopic (exact) mass is 193 g/mol. The van der Waals surface area contributed by atoms with Crippen LogP contribution in [-0.2, 0) is 17.8 Å². The van der Waals surface area contributed by atoms with Crippen LogP contribution in [0.15, 0.2) is 24.3 Å². The zero-order valence-electron chi connectivity index (χ0n) is 8.83. The lowest BCUT2D eigenvalue weighted by Crippen LogP contribution is -2.01. The van der Waals surface area contributed by atoms with E-state index in [0.717, 1.165) is 25.8 Å². The van der Waals surface area contributed by atoms with Gasteiger partial charge in [-0.3, -0.25) is 0 Å². The number of aryl methyl sites for hydroxylation is 1. The standard InChI is InChI=1S/C12H19NO/c1-14-10-12-8-3-2-6-11(12)7-4-5-9-13/h2-3,6,8H,4-5,7,9-10,13H2,1H3. The Morgan fingerprint density at radius 3 is 2.50 bits per heavy atom. The third kappa shape index (κ3) is 3.48. The van der Waals surface area contributed by atoms with E-state index >= 15 is 0 Å². The van der Waals surface area contributed by atoms with Gasteiger partial charge < -0.3 is 10.5 Å². The van der Waals surface area contributed by atoms with Crippen LogP contribution in [0, 0.1) is 0 Å². The summed E-state index contributed by atoms with van der Waals surface area (Å²) in [5.41, 5.74) is 8.15. The molecule has 0 saturated heterocycles. The summed E-state index contributed by atoms with van der Waals surface area (Å²) < 4.78 is 5.15. The van der Waals surface area contributed by atoms with Crippen LogP contribution in [-0.4, -0.2) is 13.7 Å². The van der Waals surface area contributed by atoms with Crippen molar-refractivity contribution in [3.05, 3.63) is 35.4 Å². The molecule has 0 unspecified atom stereocenters. The predicted octanol–water partition coefficient (Wildman–Crippen LogP) is 2.11. The van der Waals surface area contributed by atoms with Crippen molar-refractivity contribution in [2.24, 2.45) is 5.73 Å². The highest BCUT2D eigenvalue weighted by atomic mass is 16.5. The van der Waals surface area contributed by atoms with Crippen molar-refractivity contribution in [1.29, 1.82) is 0 Å². The lowest BCUT2D eigenvalue weighted by atomic mass is 10.0. The lowest BCUT2D eigenvalue weighted by Gasteiger charge is -2.07. The molecule has 1 rings (SSSR count). The van der Waals surface area contributed by atoms with E-state index in [0.29, 0.717) is 6.61 Å². The van der Waals surface area contributed by atoms with Gasteiger partial charge >= 0.3 is 0 Å². The first kappa shape index (κ1) is 11.2. The van der Waals surface area contributed by atoms with Gasteiger partial charge in [0.15, 0.2) is 0 Å². The van der Waals surface area contributed by atoms with Gasteiger partial charge in [-0.25, -0.2) is 0 Å². The molecular weight excluding hydrogens is 174 g/mol. The normalized spacial score (nSPS) is 10.4. The maximum Gasteiger partial charge on any atom is 0.0715 e. The number of nitrogens with two attached hydrogens (primary N) is 1. The summed E-state index contributed by atoms with van der Waals surface area (Å²) >= 11 is 0. The number of hydrogen-bond acceptors (Lipinski definition) is 2. The Labute approximate surface area is 86.1 Å². The SMILES string of the molecule is COCc1ccccc1CCCCN. The van der Waals surface area contributed by atoms with E-state index in [-0.39, 0.29) is 0 Å². The Kier molecular flexibility index (Phi) is 5.27. The maximum absolute atomic E-state index is 5.46. The summed E-state index contributed by atoms with van der Waals surface area (Å²) in [6.07, 6.45) is 3.37. The van der Waals surface area contributed by atoms with Crippen LogP contribution in [0.1, 0.15) is 24.0 Å². The summed E-state index contributed by atoms with van der Waals surface area (Å²) in [6, 6.07) is 8.43. The largest absolute Gasteiger partial charge is 0.380 e. The van der Waals surface area contributed by atoms with E-state index in [1.807, 2.05) is 0 Å². The quantitative estimate of drug-likeness (QED) is 0.702. The number of rotatable bonds is 6. The minimum Gasteiger partial charge on any atom is -0.380 e. The van der Waals surface area contributed by atoms with Crippen molar-refractivity contribution in [3.63, 3.8) is 0 Å². The second-order valence-electron chi connectivity index (χ2n) is 3.45. The molecule has 0 saturated carbocycles. The van der Waals surface area contributed by atoms with Crippen molar-refractivity contribution in [3.8, 4) is 0 Å². The third-order valence-electron chi connectivity index (χ3n) is 2.32. The van der Waals surface area contributed by atoms with Gasteiger partial charge in [0.1, 0.15) is 0 Å². The fraction of sp³-hybridized carbons (Fsp3) is 0.500. The Morgan fingerprint density at radius 1 is 1.14 bits per heavy atom. The first-order valence-corrected chi connectivity index (χ1v) is 5.14. The number of benzene rings is 1. The molecule has 0 radical (unpaired) electrons. The van der Waals surface area contributed by atoms with E-state index in [1.165, 1.54) is 11.1 Å². The fourth-order valence-electron chi connectivity index (χ4n) is 1.56. The molecule has 1 aromatic rings. The van der Waals surface area contributed by atoms with Crippen LogP contribution in [0.5, 0.6) is 0 Å². The van der Waals surface area contributed by atoms with Gasteiger partial charge in [0.2, 0.25) is 0 Å². The van der Waals surface area contributed by atoms with Crippen LogP contribution in [0.25, 0.3) is 0 Å². The zero-order valence-corrected chi connectivity index (χ0v) is 8.83. The van der Waals surface area contributed by atoms with E-state index in [2.05, 4.69) is 24.3 Å². The van der Waals surface area contributed by atoms with Crippen molar-refractivity contribution >= 4 is 0 Å². The minimum absolute atomic E-state index is 0.707. The number of hydrogen-bond donors (Lipinski definition) is 1. The van der Waals surface area contributed by atoms with E-state index in [4.69, 9.17) is 10.5 Å². The number of methoxy groups -OCH3 is 1. The summed E-state index contributed by atoms with van der Waals surface area (Å²) in [6.45, 7) is 1.49. The van der Waals surface area contributed by atoms with Gasteiger partial charge in [-0.05, 0) is 36.9 Å². The van der Waals surface area contributed by atoms with Gasteiger partial charge in [0.25, 0.3) is 0 Å². The molecule has 0 aliphatic carbocycles. The van der Waals surface area contributed by atoms with E-state index < -0.39 is 0 Å². The molecule has 78 valence electrons. The summed E-state index contributed by atoms with van der Waals surface area (Å²) in [4.78, 5) is 0. The second kappa shape index (κ2) is 6.57. The molecule has 2 heteroatoms. The first-order chi connectivity index (χ1) is 6.88. The molecule has 2 N–H and O–H groups in total. The number of unbranched alkanes of at least 4 members (excludes halogenated alkanes) is 1. The highest BCUT2D eigenvalue weighted by Gasteiger charge is 2.00. The second-order valence-corrected chi connectivity index (χ2v) is 3.45. The summed E-state index contributed by atoms with van der Waals surface area (Å²) in [5.74, 6) is 0. The average Bonchev–Trinajstić information content (AvgIpc) is 2.21. The molecule has 0 fully saturated rings. The number of ether oxygens (including phenoxy) is 1. The van der Waals surface area contributed by atoms with Crippen LogP contribution in [0.2, 0.25) is 0 Å². The van der Waals surface area contributed by atoms with Gasteiger partial charge in [0, 0.05) is 7.11 Å². The first-order valence-electron chi connectivity index (χ1n) is 5.14. The molecule has 1 aromatic carbocycles. The van der Waals surface area contributed by atoms with E-state index in [9.17, 15) is 0 Å². The van der Waals surface area contributed by atoms with Crippen LogP contribution >= 0.6 is 0 Å². The Hall–Kier alpha value is -0.860. The molecule has 0 heterocycles. The average molecular weight is 193 g/mol. The molecule has 0 atom stereocenters. The van der Waals surface area contributed by atoms with Gasteiger partial charge in [0.05, 0.1) is 6.61 Å². The highest BCUT2D eigenvalue weighted by molar-refractivity contribution is 5.26. The highest BCUT2D eigenvalue weighted by Crippen LogP contribution is 2.12. The molecule has 0 aliphatic heterocycles. The van der Waals surface area contributed by atoms with Crippen molar-refractivity contribution in [2.45, 2.75) is 25.9 Å².